The monoisotopic (exact) mass is 221 g/mol. The largest absolute Gasteiger partial charge is 0.497 e. The van der Waals surface area contributed by atoms with Crippen LogP contribution in [0, 0.1) is 13.8 Å². The molecule has 0 aliphatic rings. The van der Waals surface area contributed by atoms with Crippen LogP contribution < -0.4 is 10.1 Å². The molecule has 0 aliphatic heterocycles. The first-order valence-corrected chi connectivity index (χ1v) is 5.97. The van der Waals surface area contributed by atoms with E-state index in [1.54, 1.807) is 7.11 Å². The van der Waals surface area contributed by atoms with Gasteiger partial charge in [-0.05, 0) is 75.5 Å². The maximum Gasteiger partial charge on any atom is 0.119 e. The molecule has 0 bridgehead atoms. The summed E-state index contributed by atoms with van der Waals surface area (Å²) in [6.07, 6.45) is 3.65. The molecule has 0 saturated carbocycles. The molecule has 0 heterocycles. The topological polar surface area (TPSA) is 21.3 Å². The summed E-state index contributed by atoms with van der Waals surface area (Å²) in [6, 6.07) is 4.25. The second-order valence-corrected chi connectivity index (χ2v) is 4.30. The van der Waals surface area contributed by atoms with E-state index in [0.717, 1.165) is 12.3 Å². The van der Waals surface area contributed by atoms with Crippen LogP contribution in [0.4, 0.5) is 0 Å². The number of hydrogen-bond acceptors (Lipinski definition) is 2. The zero-order valence-corrected chi connectivity index (χ0v) is 10.9. The average molecular weight is 221 g/mol. The summed E-state index contributed by atoms with van der Waals surface area (Å²) in [4.78, 5) is 0. The van der Waals surface area contributed by atoms with Crippen molar-refractivity contribution in [3.63, 3.8) is 0 Å². The number of nitrogens with one attached hydrogen (secondary N) is 1. The SMILES string of the molecule is CNCCCCc1c(C)cc(OC)cc1C. The van der Waals surface area contributed by atoms with Crippen LogP contribution in [0.1, 0.15) is 29.5 Å². The Bertz CT molecular complexity index is 311. The van der Waals surface area contributed by atoms with Crippen LogP contribution >= 0.6 is 0 Å². The van der Waals surface area contributed by atoms with Gasteiger partial charge in [-0.1, -0.05) is 0 Å². The van der Waals surface area contributed by atoms with Gasteiger partial charge in [-0.3, -0.25) is 0 Å². The van der Waals surface area contributed by atoms with Crippen LogP contribution in [0.15, 0.2) is 12.1 Å². The minimum absolute atomic E-state index is 0.967. The highest BCUT2D eigenvalue weighted by Crippen LogP contribution is 2.22. The maximum atomic E-state index is 5.26. The van der Waals surface area contributed by atoms with Crippen molar-refractivity contribution in [2.75, 3.05) is 20.7 Å². The van der Waals surface area contributed by atoms with Crippen molar-refractivity contribution in [1.29, 1.82) is 0 Å². The van der Waals surface area contributed by atoms with Crippen molar-refractivity contribution in [1.82, 2.24) is 5.32 Å². The fourth-order valence-corrected chi connectivity index (χ4v) is 2.07. The average Bonchev–Trinajstić information content (AvgIpc) is 2.26. The highest BCUT2D eigenvalue weighted by atomic mass is 16.5. The van der Waals surface area contributed by atoms with Gasteiger partial charge in [-0.25, -0.2) is 0 Å². The summed E-state index contributed by atoms with van der Waals surface area (Å²) in [5.41, 5.74) is 4.18. The van der Waals surface area contributed by atoms with E-state index in [1.165, 1.54) is 36.0 Å². The summed E-state index contributed by atoms with van der Waals surface area (Å²) >= 11 is 0. The molecule has 0 saturated heterocycles. The number of ether oxygens (including phenoxy) is 1. The molecule has 0 fully saturated rings. The number of hydrogen-bond donors (Lipinski definition) is 1. The van der Waals surface area contributed by atoms with Crippen molar-refractivity contribution in [2.45, 2.75) is 33.1 Å². The number of benzene rings is 1. The van der Waals surface area contributed by atoms with Crippen LogP contribution in [0.25, 0.3) is 0 Å². The third kappa shape index (κ3) is 3.53. The molecule has 1 N–H and O–H groups in total. The summed E-state index contributed by atoms with van der Waals surface area (Å²) in [5, 5.41) is 3.18. The fraction of sp³-hybridized carbons (Fsp3) is 0.571. The third-order valence-corrected chi connectivity index (χ3v) is 3.01. The Kier molecular flexibility index (Phi) is 5.33. The van der Waals surface area contributed by atoms with Gasteiger partial charge in [-0.2, -0.15) is 0 Å². The molecule has 0 spiro atoms. The smallest absolute Gasteiger partial charge is 0.119 e. The van der Waals surface area contributed by atoms with Crippen LogP contribution in [0.5, 0.6) is 5.75 Å². The van der Waals surface area contributed by atoms with Gasteiger partial charge in [0.05, 0.1) is 7.11 Å². The van der Waals surface area contributed by atoms with E-state index in [0.29, 0.717) is 0 Å². The molecule has 2 heteroatoms. The van der Waals surface area contributed by atoms with Crippen LogP contribution in [-0.4, -0.2) is 20.7 Å². The van der Waals surface area contributed by atoms with Gasteiger partial charge in [0.1, 0.15) is 5.75 Å². The van der Waals surface area contributed by atoms with E-state index in [1.807, 2.05) is 7.05 Å². The molecule has 1 aromatic rings. The van der Waals surface area contributed by atoms with Crippen LogP contribution in [0.2, 0.25) is 0 Å². The summed E-state index contributed by atoms with van der Waals surface area (Å²) in [7, 11) is 3.73. The Hall–Kier alpha value is -1.02. The first-order valence-electron chi connectivity index (χ1n) is 5.97. The molecule has 0 radical (unpaired) electrons. The second kappa shape index (κ2) is 6.54. The highest BCUT2D eigenvalue weighted by Gasteiger charge is 2.05. The summed E-state index contributed by atoms with van der Waals surface area (Å²) in [6.45, 7) is 5.44. The molecule has 2 nitrogen and oxygen atoms in total. The minimum atomic E-state index is 0.967. The van der Waals surface area contributed by atoms with Crippen molar-refractivity contribution < 1.29 is 4.74 Å². The molecule has 16 heavy (non-hydrogen) atoms. The minimum Gasteiger partial charge on any atom is -0.497 e. The number of rotatable bonds is 6. The molecule has 0 aliphatic carbocycles. The lowest BCUT2D eigenvalue weighted by Crippen LogP contribution is -2.08. The van der Waals surface area contributed by atoms with E-state index < -0.39 is 0 Å². The number of methoxy groups -OCH3 is 1. The molecule has 1 aromatic carbocycles. The predicted molar refractivity (Wildman–Crippen MR) is 69.3 cm³/mol. The quantitative estimate of drug-likeness (QED) is 0.746. The third-order valence-electron chi connectivity index (χ3n) is 3.01. The second-order valence-electron chi connectivity index (χ2n) is 4.30. The van der Waals surface area contributed by atoms with Crippen molar-refractivity contribution in [3.05, 3.63) is 28.8 Å². The normalized spacial score (nSPS) is 10.5. The van der Waals surface area contributed by atoms with Crippen LogP contribution in [-0.2, 0) is 6.42 Å². The van der Waals surface area contributed by atoms with Gasteiger partial charge >= 0.3 is 0 Å². The number of unbranched alkanes of at least 4 members (excludes halogenated alkanes) is 1. The van der Waals surface area contributed by atoms with Gasteiger partial charge in [-0.15, -0.1) is 0 Å². The molecule has 0 unspecified atom stereocenters. The van der Waals surface area contributed by atoms with Crippen molar-refractivity contribution in [3.8, 4) is 5.75 Å². The van der Waals surface area contributed by atoms with E-state index in [4.69, 9.17) is 4.74 Å². The van der Waals surface area contributed by atoms with Gasteiger partial charge < -0.3 is 10.1 Å². The lowest BCUT2D eigenvalue weighted by atomic mass is 9.97. The Morgan fingerprint density at radius 2 is 1.75 bits per heavy atom. The molecule has 0 aromatic heterocycles. The van der Waals surface area contributed by atoms with Gasteiger partial charge in [0.15, 0.2) is 0 Å². The first-order chi connectivity index (χ1) is 7.69. The van der Waals surface area contributed by atoms with Crippen molar-refractivity contribution in [2.24, 2.45) is 0 Å². The zero-order chi connectivity index (χ0) is 12.0. The van der Waals surface area contributed by atoms with Gasteiger partial charge in [0, 0.05) is 0 Å². The number of aryl methyl sites for hydroxylation is 2. The van der Waals surface area contributed by atoms with Gasteiger partial charge in [0.2, 0.25) is 0 Å². The molecule has 0 atom stereocenters. The van der Waals surface area contributed by atoms with E-state index in [9.17, 15) is 0 Å². The van der Waals surface area contributed by atoms with Crippen molar-refractivity contribution >= 4 is 0 Å². The Morgan fingerprint density at radius 1 is 1.12 bits per heavy atom. The summed E-state index contributed by atoms with van der Waals surface area (Å²) < 4.78 is 5.26. The zero-order valence-electron chi connectivity index (χ0n) is 10.9. The van der Waals surface area contributed by atoms with E-state index >= 15 is 0 Å². The predicted octanol–water partition coefficient (Wildman–Crippen LogP) is 2.85. The molecular weight excluding hydrogens is 198 g/mol. The maximum absolute atomic E-state index is 5.26. The van der Waals surface area contributed by atoms with E-state index in [2.05, 4.69) is 31.3 Å². The van der Waals surface area contributed by atoms with Crippen LogP contribution in [0.3, 0.4) is 0 Å². The lowest BCUT2D eigenvalue weighted by Gasteiger charge is -2.12. The standard InChI is InChI=1S/C14H23NO/c1-11-9-13(16-4)10-12(2)14(11)7-5-6-8-15-3/h9-10,15H,5-8H2,1-4H3. The Labute approximate surface area is 99.0 Å². The highest BCUT2D eigenvalue weighted by molar-refractivity contribution is 5.41. The lowest BCUT2D eigenvalue weighted by molar-refractivity contribution is 0.414. The Morgan fingerprint density at radius 3 is 2.25 bits per heavy atom. The fourth-order valence-electron chi connectivity index (χ4n) is 2.07. The first kappa shape index (κ1) is 13.0. The van der Waals surface area contributed by atoms with Gasteiger partial charge in [0.25, 0.3) is 0 Å². The molecule has 1 rings (SSSR count). The van der Waals surface area contributed by atoms with E-state index in [-0.39, 0.29) is 0 Å². The molecule has 0 amide bonds. The summed E-state index contributed by atoms with van der Waals surface area (Å²) in [5.74, 6) is 0.967. The molecular formula is C14H23NO. The Balaban J connectivity index is 2.65. The molecule has 90 valence electrons.